The molecule has 0 amide bonds. The summed E-state index contributed by atoms with van der Waals surface area (Å²) < 4.78 is 7.81. The van der Waals surface area contributed by atoms with Crippen LogP contribution in [0.5, 0.6) is 5.88 Å². The maximum absolute atomic E-state index is 5.37. The fourth-order valence-corrected chi connectivity index (χ4v) is 3.10. The summed E-state index contributed by atoms with van der Waals surface area (Å²) in [5.74, 6) is 0.512. The van der Waals surface area contributed by atoms with Crippen molar-refractivity contribution in [2.45, 2.75) is 13.5 Å². The number of aromatic amines is 1. The summed E-state index contributed by atoms with van der Waals surface area (Å²) in [5.41, 5.74) is 2.77. The van der Waals surface area contributed by atoms with Crippen LogP contribution in [0.3, 0.4) is 0 Å². The van der Waals surface area contributed by atoms with Crippen LogP contribution >= 0.6 is 23.6 Å². The topological polar surface area (TPSA) is 55.7 Å². The quantitative estimate of drug-likeness (QED) is 0.754. The van der Waals surface area contributed by atoms with E-state index < -0.39 is 0 Å². The maximum Gasteiger partial charge on any atom is 0.242 e. The van der Waals surface area contributed by atoms with Gasteiger partial charge in [0.25, 0.3) is 0 Å². The number of hydrogen-bond acceptors (Lipinski definition) is 5. The monoisotopic (exact) mass is 292 g/mol. The standard InChI is InChI=1S/C12H12N4OS2/c1-7-3-4-19-8(7)5-16-10-9(15-12(16)18)11(17-2)14-6-13-10/h3-4,6H,5H2,1-2H3,(H,15,18). The normalized spacial score (nSPS) is 11.1. The van der Waals surface area contributed by atoms with Gasteiger partial charge in [-0.3, -0.25) is 4.57 Å². The molecule has 19 heavy (non-hydrogen) atoms. The van der Waals surface area contributed by atoms with E-state index in [1.807, 2.05) is 4.57 Å². The van der Waals surface area contributed by atoms with Gasteiger partial charge in [0.15, 0.2) is 10.4 Å². The lowest BCUT2D eigenvalue weighted by Crippen LogP contribution is -2.00. The lowest BCUT2D eigenvalue weighted by atomic mass is 10.3. The Labute approximate surface area is 118 Å². The van der Waals surface area contributed by atoms with Crippen molar-refractivity contribution in [3.8, 4) is 5.88 Å². The highest BCUT2D eigenvalue weighted by Crippen LogP contribution is 2.23. The predicted molar refractivity (Wildman–Crippen MR) is 77.4 cm³/mol. The van der Waals surface area contributed by atoms with Gasteiger partial charge in [-0.2, -0.15) is 4.98 Å². The molecule has 5 nitrogen and oxygen atoms in total. The number of aryl methyl sites for hydroxylation is 1. The highest BCUT2D eigenvalue weighted by atomic mass is 32.1. The van der Waals surface area contributed by atoms with Crippen molar-refractivity contribution in [3.05, 3.63) is 33.0 Å². The van der Waals surface area contributed by atoms with Crippen LogP contribution in [-0.2, 0) is 6.54 Å². The van der Waals surface area contributed by atoms with Crippen molar-refractivity contribution in [2.24, 2.45) is 0 Å². The number of nitrogens with zero attached hydrogens (tertiary/aromatic N) is 3. The molecule has 0 atom stereocenters. The lowest BCUT2D eigenvalue weighted by molar-refractivity contribution is 0.401. The molecule has 98 valence electrons. The third kappa shape index (κ3) is 2.04. The average Bonchev–Trinajstić information content (AvgIpc) is 2.95. The first-order chi connectivity index (χ1) is 9.20. The van der Waals surface area contributed by atoms with E-state index in [1.165, 1.54) is 16.8 Å². The molecule has 3 aromatic rings. The number of thiophene rings is 1. The van der Waals surface area contributed by atoms with Crippen LogP contribution in [0.25, 0.3) is 11.2 Å². The van der Waals surface area contributed by atoms with E-state index in [2.05, 4.69) is 33.3 Å². The second-order valence-corrected chi connectivity index (χ2v) is 5.51. The smallest absolute Gasteiger partial charge is 0.242 e. The molecule has 0 saturated carbocycles. The molecular weight excluding hydrogens is 280 g/mol. The van der Waals surface area contributed by atoms with E-state index in [0.29, 0.717) is 17.2 Å². The summed E-state index contributed by atoms with van der Waals surface area (Å²) in [6.07, 6.45) is 1.49. The summed E-state index contributed by atoms with van der Waals surface area (Å²) in [6, 6.07) is 2.11. The number of rotatable bonds is 3. The Morgan fingerprint density at radius 3 is 3.00 bits per heavy atom. The lowest BCUT2D eigenvalue weighted by Gasteiger charge is -2.03. The largest absolute Gasteiger partial charge is 0.479 e. The van der Waals surface area contributed by atoms with Gasteiger partial charge in [0.1, 0.15) is 11.8 Å². The van der Waals surface area contributed by atoms with Crippen LogP contribution in [-0.4, -0.2) is 26.6 Å². The van der Waals surface area contributed by atoms with Crippen LogP contribution in [0.15, 0.2) is 17.8 Å². The summed E-state index contributed by atoms with van der Waals surface area (Å²) in [7, 11) is 1.58. The first kappa shape index (κ1) is 12.3. The first-order valence-corrected chi connectivity index (χ1v) is 7.00. The Bertz CT molecular complexity index is 786. The van der Waals surface area contributed by atoms with Crippen LogP contribution in [0.1, 0.15) is 10.4 Å². The minimum atomic E-state index is 0.512. The van der Waals surface area contributed by atoms with Crippen LogP contribution in [0.2, 0.25) is 0 Å². The first-order valence-electron chi connectivity index (χ1n) is 5.71. The van der Waals surface area contributed by atoms with E-state index >= 15 is 0 Å². The van der Waals surface area contributed by atoms with Crippen molar-refractivity contribution in [1.29, 1.82) is 0 Å². The van der Waals surface area contributed by atoms with Crippen molar-refractivity contribution in [2.75, 3.05) is 7.11 Å². The van der Waals surface area contributed by atoms with Crippen LogP contribution < -0.4 is 4.74 Å². The van der Waals surface area contributed by atoms with Gasteiger partial charge in [0, 0.05) is 4.88 Å². The Kier molecular flexibility index (Phi) is 3.08. The van der Waals surface area contributed by atoms with Gasteiger partial charge in [0.2, 0.25) is 5.88 Å². The number of hydrogen-bond donors (Lipinski definition) is 1. The molecule has 0 saturated heterocycles. The molecule has 0 aliphatic carbocycles. The third-order valence-corrected chi connectivity index (χ3v) is 4.32. The number of nitrogens with one attached hydrogen (secondary N) is 1. The SMILES string of the molecule is COc1ncnc2c1[nH]c(=S)n2Cc1sccc1C. The van der Waals surface area contributed by atoms with Gasteiger partial charge in [-0.25, -0.2) is 4.98 Å². The Balaban J connectivity index is 2.16. The minimum absolute atomic E-state index is 0.512. The zero-order valence-corrected chi connectivity index (χ0v) is 12.1. The molecular formula is C12H12N4OS2. The number of imidazole rings is 1. The third-order valence-electron chi connectivity index (χ3n) is 2.99. The molecule has 0 aliphatic heterocycles. The summed E-state index contributed by atoms with van der Waals surface area (Å²) in [4.78, 5) is 12.8. The number of ether oxygens (including phenoxy) is 1. The molecule has 1 N–H and O–H groups in total. The van der Waals surface area contributed by atoms with Gasteiger partial charge >= 0.3 is 0 Å². The highest BCUT2D eigenvalue weighted by Gasteiger charge is 2.12. The summed E-state index contributed by atoms with van der Waals surface area (Å²) in [5, 5.41) is 2.08. The van der Waals surface area contributed by atoms with Crippen molar-refractivity contribution < 1.29 is 4.74 Å². The molecule has 0 aromatic carbocycles. The Morgan fingerprint density at radius 1 is 1.47 bits per heavy atom. The molecule has 0 fully saturated rings. The van der Waals surface area contributed by atoms with Gasteiger partial charge in [-0.1, -0.05) is 0 Å². The molecule has 7 heteroatoms. The molecule has 0 unspecified atom stereocenters. The zero-order chi connectivity index (χ0) is 13.4. The van der Waals surface area contributed by atoms with Gasteiger partial charge in [-0.05, 0) is 36.2 Å². The number of fused-ring (bicyclic) bond motifs is 1. The molecule has 0 spiro atoms. The molecule has 3 rings (SSSR count). The number of H-pyrrole nitrogens is 1. The number of methoxy groups -OCH3 is 1. The fourth-order valence-electron chi connectivity index (χ4n) is 1.96. The number of aromatic nitrogens is 4. The Morgan fingerprint density at radius 2 is 2.32 bits per heavy atom. The van der Waals surface area contributed by atoms with Gasteiger partial charge in [-0.15, -0.1) is 11.3 Å². The molecule has 0 aliphatic rings. The van der Waals surface area contributed by atoms with E-state index in [1.54, 1.807) is 18.4 Å². The van der Waals surface area contributed by atoms with E-state index in [-0.39, 0.29) is 0 Å². The van der Waals surface area contributed by atoms with Crippen molar-refractivity contribution in [1.82, 2.24) is 19.5 Å². The second kappa shape index (κ2) is 4.75. The highest BCUT2D eigenvalue weighted by molar-refractivity contribution is 7.71. The summed E-state index contributed by atoms with van der Waals surface area (Å²) >= 11 is 7.08. The van der Waals surface area contributed by atoms with Gasteiger partial charge < -0.3 is 9.72 Å². The van der Waals surface area contributed by atoms with Crippen LogP contribution in [0, 0.1) is 11.7 Å². The van der Waals surface area contributed by atoms with E-state index in [9.17, 15) is 0 Å². The summed E-state index contributed by atoms with van der Waals surface area (Å²) in [6.45, 7) is 2.81. The minimum Gasteiger partial charge on any atom is -0.479 e. The second-order valence-electron chi connectivity index (χ2n) is 4.12. The molecule has 0 bridgehead atoms. The van der Waals surface area contributed by atoms with E-state index in [4.69, 9.17) is 17.0 Å². The predicted octanol–water partition coefficient (Wildman–Crippen LogP) is 2.92. The van der Waals surface area contributed by atoms with Crippen LogP contribution in [0.4, 0.5) is 0 Å². The Hall–Kier alpha value is -1.73. The molecule has 3 heterocycles. The molecule has 0 radical (unpaired) electrons. The maximum atomic E-state index is 5.37. The zero-order valence-electron chi connectivity index (χ0n) is 10.5. The molecule has 3 aromatic heterocycles. The van der Waals surface area contributed by atoms with Gasteiger partial charge in [0.05, 0.1) is 13.7 Å². The van der Waals surface area contributed by atoms with Crippen molar-refractivity contribution in [3.63, 3.8) is 0 Å². The fraction of sp³-hybridized carbons (Fsp3) is 0.250. The van der Waals surface area contributed by atoms with E-state index in [0.717, 1.165) is 11.2 Å². The average molecular weight is 292 g/mol. The van der Waals surface area contributed by atoms with Crippen molar-refractivity contribution >= 4 is 34.7 Å².